The van der Waals surface area contributed by atoms with Crippen LogP contribution in [0.3, 0.4) is 0 Å². The first-order chi connectivity index (χ1) is 6.86. The normalized spacial score (nSPS) is 28.4. The number of hydrogen-bond donors (Lipinski definition) is 1. The van der Waals surface area contributed by atoms with E-state index >= 15 is 0 Å². The van der Waals surface area contributed by atoms with Crippen LogP contribution in [0.25, 0.3) is 0 Å². The van der Waals surface area contributed by atoms with E-state index in [2.05, 4.69) is 9.89 Å². The van der Waals surface area contributed by atoms with Gasteiger partial charge in [-0.1, -0.05) is 0 Å². The van der Waals surface area contributed by atoms with Crippen LogP contribution in [-0.4, -0.2) is 37.0 Å². The summed E-state index contributed by atoms with van der Waals surface area (Å²) in [6.07, 6.45) is 7.78. The van der Waals surface area contributed by atoms with Crippen molar-refractivity contribution in [3.63, 3.8) is 0 Å². The third-order valence-electron chi connectivity index (χ3n) is 2.78. The van der Waals surface area contributed by atoms with Crippen molar-refractivity contribution in [2.45, 2.75) is 19.0 Å². The summed E-state index contributed by atoms with van der Waals surface area (Å²) < 4.78 is 5.32. The number of rotatable bonds is 2. The second-order valence-electron chi connectivity index (χ2n) is 3.84. The van der Waals surface area contributed by atoms with E-state index in [1.54, 1.807) is 12.4 Å². The molecule has 0 aromatic rings. The van der Waals surface area contributed by atoms with E-state index < -0.39 is 0 Å². The molecule has 0 aliphatic carbocycles. The monoisotopic (exact) mass is 195 g/mol. The summed E-state index contributed by atoms with van der Waals surface area (Å²) in [7, 11) is 0. The van der Waals surface area contributed by atoms with E-state index in [9.17, 15) is 0 Å². The molecule has 4 heteroatoms. The van der Waals surface area contributed by atoms with Gasteiger partial charge in [0.2, 0.25) is 0 Å². The van der Waals surface area contributed by atoms with Crippen molar-refractivity contribution in [3.8, 4) is 0 Å². The van der Waals surface area contributed by atoms with E-state index in [4.69, 9.17) is 10.5 Å². The lowest BCUT2D eigenvalue weighted by Gasteiger charge is -2.32. The van der Waals surface area contributed by atoms with Gasteiger partial charge in [-0.15, -0.1) is 0 Å². The molecule has 0 aromatic heterocycles. The van der Waals surface area contributed by atoms with Crippen molar-refractivity contribution in [3.05, 3.63) is 12.4 Å². The standard InChI is InChI=1S/C10H17N3O/c11-10-7-12-3-4-13(10)8-9-1-5-14-6-2-9/h3-4,7,9-10H,1-2,5-6,8,11H2. The molecule has 2 aliphatic rings. The molecule has 78 valence electrons. The van der Waals surface area contributed by atoms with Crippen molar-refractivity contribution in [2.24, 2.45) is 16.6 Å². The Labute approximate surface area is 84.4 Å². The lowest BCUT2D eigenvalue weighted by Crippen LogP contribution is -2.44. The van der Waals surface area contributed by atoms with Gasteiger partial charge in [0.15, 0.2) is 0 Å². The zero-order chi connectivity index (χ0) is 9.80. The van der Waals surface area contributed by atoms with Crippen molar-refractivity contribution in [1.82, 2.24) is 4.90 Å². The van der Waals surface area contributed by atoms with Crippen LogP contribution in [0.2, 0.25) is 0 Å². The highest BCUT2D eigenvalue weighted by Crippen LogP contribution is 2.17. The highest BCUT2D eigenvalue weighted by Gasteiger charge is 2.19. The molecule has 2 N–H and O–H groups in total. The smallest absolute Gasteiger partial charge is 0.113 e. The molecule has 1 atom stereocenters. The fraction of sp³-hybridized carbons (Fsp3) is 0.700. The van der Waals surface area contributed by atoms with Crippen molar-refractivity contribution in [2.75, 3.05) is 19.8 Å². The van der Waals surface area contributed by atoms with Gasteiger partial charge >= 0.3 is 0 Å². The Balaban J connectivity index is 1.83. The topological polar surface area (TPSA) is 50.8 Å². The Morgan fingerprint density at radius 2 is 2.21 bits per heavy atom. The van der Waals surface area contributed by atoms with Crippen LogP contribution in [0.15, 0.2) is 17.4 Å². The predicted molar refractivity (Wildman–Crippen MR) is 55.9 cm³/mol. The van der Waals surface area contributed by atoms with E-state index in [0.29, 0.717) is 5.92 Å². The van der Waals surface area contributed by atoms with Crippen LogP contribution in [0.1, 0.15) is 12.8 Å². The van der Waals surface area contributed by atoms with Gasteiger partial charge in [-0.05, 0) is 18.8 Å². The molecule has 1 saturated heterocycles. The molecule has 0 saturated carbocycles. The summed E-state index contributed by atoms with van der Waals surface area (Å²) in [4.78, 5) is 6.15. The van der Waals surface area contributed by atoms with Gasteiger partial charge in [0, 0.05) is 38.4 Å². The molecule has 4 nitrogen and oxygen atoms in total. The lowest BCUT2D eigenvalue weighted by molar-refractivity contribution is 0.0563. The molecular formula is C10H17N3O. The average Bonchev–Trinajstić information content (AvgIpc) is 2.23. The van der Waals surface area contributed by atoms with Crippen LogP contribution in [-0.2, 0) is 4.74 Å². The predicted octanol–water partition coefficient (Wildman–Crippen LogP) is 0.555. The van der Waals surface area contributed by atoms with Crippen molar-refractivity contribution < 1.29 is 4.74 Å². The SMILES string of the molecule is NC1C=NC=CN1CC1CCOCC1. The van der Waals surface area contributed by atoms with Gasteiger partial charge in [-0.25, -0.2) is 0 Å². The fourth-order valence-electron chi connectivity index (χ4n) is 1.86. The minimum Gasteiger partial charge on any atom is -0.381 e. The molecule has 2 aliphatic heterocycles. The minimum atomic E-state index is -0.0529. The molecule has 0 amide bonds. The molecule has 0 radical (unpaired) electrons. The summed E-state index contributed by atoms with van der Waals surface area (Å²) in [5.74, 6) is 0.714. The first kappa shape index (κ1) is 9.68. The second-order valence-corrected chi connectivity index (χ2v) is 3.84. The van der Waals surface area contributed by atoms with Gasteiger partial charge < -0.3 is 15.4 Å². The average molecular weight is 195 g/mol. The molecule has 14 heavy (non-hydrogen) atoms. The van der Waals surface area contributed by atoms with E-state index in [0.717, 1.165) is 32.6 Å². The maximum atomic E-state index is 5.89. The Bertz CT molecular complexity index is 234. The van der Waals surface area contributed by atoms with Gasteiger partial charge in [-0.2, -0.15) is 0 Å². The maximum absolute atomic E-state index is 5.89. The summed E-state index contributed by atoms with van der Waals surface area (Å²) in [5.41, 5.74) is 5.89. The van der Waals surface area contributed by atoms with E-state index in [-0.39, 0.29) is 6.17 Å². The van der Waals surface area contributed by atoms with Crippen LogP contribution in [0.5, 0.6) is 0 Å². The Morgan fingerprint density at radius 1 is 1.43 bits per heavy atom. The minimum absolute atomic E-state index is 0.0529. The fourth-order valence-corrected chi connectivity index (χ4v) is 1.86. The van der Waals surface area contributed by atoms with E-state index in [1.807, 2.05) is 6.20 Å². The van der Waals surface area contributed by atoms with Gasteiger partial charge in [0.05, 0.1) is 0 Å². The summed E-state index contributed by atoms with van der Waals surface area (Å²) in [6, 6.07) is 0. The summed E-state index contributed by atoms with van der Waals surface area (Å²) in [6.45, 7) is 2.81. The highest BCUT2D eigenvalue weighted by atomic mass is 16.5. The largest absolute Gasteiger partial charge is 0.381 e. The van der Waals surface area contributed by atoms with Crippen LogP contribution >= 0.6 is 0 Å². The first-order valence-corrected chi connectivity index (χ1v) is 5.15. The molecular weight excluding hydrogens is 178 g/mol. The number of hydrogen-bond acceptors (Lipinski definition) is 4. The molecule has 0 aromatic carbocycles. The number of nitrogens with zero attached hydrogens (tertiary/aromatic N) is 2. The van der Waals surface area contributed by atoms with Crippen molar-refractivity contribution in [1.29, 1.82) is 0 Å². The maximum Gasteiger partial charge on any atom is 0.113 e. The van der Waals surface area contributed by atoms with Gasteiger partial charge in [0.25, 0.3) is 0 Å². The molecule has 1 unspecified atom stereocenters. The van der Waals surface area contributed by atoms with E-state index in [1.165, 1.54) is 0 Å². The molecule has 2 rings (SSSR count). The third-order valence-corrected chi connectivity index (χ3v) is 2.78. The molecule has 1 fully saturated rings. The summed E-state index contributed by atoms with van der Waals surface area (Å²) >= 11 is 0. The second kappa shape index (κ2) is 4.57. The van der Waals surface area contributed by atoms with Crippen molar-refractivity contribution >= 4 is 6.21 Å². The quantitative estimate of drug-likeness (QED) is 0.700. The number of ether oxygens (including phenoxy) is 1. The van der Waals surface area contributed by atoms with Crippen LogP contribution in [0, 0.1) is 5.92 Å². The molecule has 2 heterocycles. The summed E-state index contributed by atoms with van der Waals surface area (Å²) in [5, 5.41) is 0. The number of nitrogens with two attached hydrogens (primary N) is 1. The van der Waals surface area contributed by atoms with Gasteiger partial charge in [0.1, 0.15) is 6.17 Å². The molecule has 0 bridgehead atoms. The Hall–Kier alpha value is -0.870. The zero-order valence-electron chi connectivity index (χ0n) is 8.30. The Kier molecular flexibility index (Phi) is 3.16. The van der Waals surface area contributed by atoms with Gasteiger partial charge in [-0.3, -0.25) is 4.99 Å². The Morgan fingerprint density at radius 3 is 2.93 bits per heavy atom. The first-order valence-electron chi connectivity index (χ1n) is 5.15. The zero-order valence-corrected chi connectivity index (χ0v) is 8.30. The third kappa shape index (κ3) is 2.33. The van der Waals surface area contributed by atoms with Crippen LogP contribution in [0.4, 0.5) is 0 Å². The lowest BCUT2D eigenvalue weighted by atomic mass is 9.99. The molecule has 0 spiro atoms. The van der Waals surface area contributed by atoms with Crippen LogP contribution < -0.4 is 5.73 Å². The highest BCUT2D eigenvalue weighted by molar-refractivity contribution is 5.65. The number of aliphatic imine (C=N–C) groups is 1.